The fourth-order valence-electron chi connectivity index (χ4n) is 1.55. The Hall–Kier alpha value is -1.78. The first-order valence-corrected chi connectivity index (χ1v) is 8.33. The average molecular weight is 330 g/mol. The highest BCUT2D eigenvalue weighted by atomic mass is 32.2. The van der Waals surface area contributed by atoms with Crippen LogP contribution >= 0.6 is 11.3 Å². The maximum Gasteiger partial charge on any atom is 0.355 e. The van der Waals surface area contributed by atoms with Gasteiger partial charge in [0.2, 0.25) is 0 Å². The molecule has 8 nitrogen and oxygen atoms in total. The summed E-state index contributed by atoms with van der Waals surface area (Å²) in [5.41, 5.74) is -0.0294. The number of aromatic nitrogens is 3. The maximum atomic E-state index is 12.0. The molecule has 21 heavy (non-hydrogen) atoms. The topological polar surface area (TPSA) is 114 Å². The highest BCUT2D eigenvalue weighted by Crippen LogP contribution is 2.11. The SMILES string of the molecule is Cc1nc(S(=O)(=O)NCCc2nc(C(=O)O)cs2)cn1C. The van der Waals surface area contributed by atoms with Crippen LogP contribution in [0.5, 0.6) is 0 Å². The normalized spacial score (nSPS) is 11.7. The Morgan fingerprint density at radius 3 is 2.71 bits per heavy atom. The van der Waals surface area contributed by atoms with E-state index in [0.717, 1.165) is 0 Å². The van der Waals surface area contributed by atoms with Crippen LogP contribution in [0.3, 0.4) is 0 Å². The predicted molar refractivity (Wildman–Crippen MR) is 75.9 cm³/mol. The zero-order valence-corrected chi connectivity index (χ0v) is 13.0. The van der Waals surface area contributed by atoms with Crippen LogP contribution in [0, 0.1) is 6.92 Å². The van der Waals surface area contributed by atoms with E-state index < -0.39 is 16.0 Å². The molecule has 2 N–H and O–H groups in total. The summed E-state index contributed by atoms with van der Waals surface area (Å²) < 4.78 is 28.0. The molecule has 0 aliphatic rings. The number of hydrogen-bond donors (Lipinski definition) is 2. The van der Waals surface area contributed by atoms with E-state index >= 15 is 0 Å². The summed E-state index contributed by atoms with van der Waals surface area (Å²) in [7, 11) is -1.95. The highest BCUT2D eigenvalue weighted by molar-refractivity contribution is 7.89. The summed E-state index contributed by atoms with van der Waals surface area (Å²) in [4.78, 5) is 18.5. The first kappa shape index (κ1) is 15.6. The summed E-state index contributed by atoms with van der Waals surface area (Å²) in [6, 6.07) is 0. The molecule has 0 unspecified atom stereocenters. The van der Waals surface area contributed by atoms with Gasteiger partial charge in [0.1, 0.15) is 5.82 Å². The van der Waals surface area contributed by atoms with Crippen molar-refractivity contribution in [2.75, 3.05) is 6.54 Å². The van der Waals surface area contributed by atoms with Gasteiger partial charge in [-0.2, -0.15) is 0 Å². The van der Waals surface area contributed by atoms with Gasteiger partial charge in [-0.1, -0.05) is 0 Å². The van der Waals surface area contributed by atoms with Crippen LogP contribution in [0.2, 0.25) is 0 Å². The van der Waals surface area contributed by atoms with Crippen LogP contribution in [0.15, 0.2) is 16.6 Å². The minimum absolute atomic E-state index is 0.0294. The lowest BCUT2D eigenvalue weighted by Crippen LogP contribution is -2.26. The van der Waals surface area contributed by atoms with Crippen molar-refractivity contribution in [3.8, 4) is 0 Å². The molecular weight excluding hydrogens is 316 g/mol. The monoisotopic (exact) mass is 330 g/mol. The molecule has 114 valence electrons. The Labute approximate surface area is 125 Å². The molecule has 2 rings (SSSR count). The molecule has 10 heteroatoms. The van der Waals surface area contributed by atoms with E-state index in [9.17, 15) is 13.2 Å². The summed E-state index contributed by atoms with van der Waals surface area (Å²) in [5, 5.41) is 10.7. The van der Waals surface area contributed by atoms with Crippen LogP contribution in [0.4, 0.5) is 0 Å². The predicted octanol–water partition coefficient (Wildman–Crippen LogP) is 0.404. The van der Waals surface area contributed by atoms with E-state index in [1.807, 2.05) is 0 Å². The number of thiazole rings is 1. The molecule has 0 aliphatic carbocycles. The fraction of sp³-hybridized carbons (Fsp3) is 0.364. The van der Waals surface area contributed by atoms with Crippen molar-refractivity contribution >= 4 is 27.3 Å². The van der Waals surface area contributed by atoms with E-state index in [0.29, 0.717) is 17.3 Å². The molecule has 0 aromatic carbocycles. The van der Waals surface area contributed by atoms with Crippen LogP contribution in [-0.4, -0.2) is 40.6 Å². The molecular formula is C11H14N4O4S2. The molecule has 2 heterocycles. The maximum absolute atomic E-state index is 12.0. The molecule has 0 saturated heterocycles. The Morgan fingerprint density at radius 2 is 2.19 bits per heavy atom. The van der Waals surface area contributed by atoms with Crippen LogP contribution in [0.25, 0.3) is 0 Å². The Bertz CT molecular complexity index is 744. The number of carboxylic acid groups (broad SMARTS) is 1. The van der Waals surface area contributed by atoms with Crippen molar-refractivity contribution < 1.29 is 18.3 Å². The molecule has 2 aromatic heterocycles. The van der Waals surface area contributed by atoms with E-state index in [-0.39, 0.29) is 17.3 Å². The summed E-state index contributed by atoms with van der Waals surface area (Å²) in [6.07, 6.45) is 1.76. The second-order valence-corrected chi connectivity index (χ2v) is 6.97. The number of imidazole rings is 1. The van der Waals surface area contributed by atoms with Gasteiger partial charge in [-0.3, -0.25) is 0 Å². The zero-order chi connectivity index (χ0) is 15.6. The first-order valence-electron chi connectivity index (χ1n) is 5.97. The van der Waals surface area contributed by atoms with Gasteiger partial charge in [-0.05, 0) is 6.92 Å². The van der Waals surface area contributed by atoms with Crippen molar-refractivity contribution in [1.29, 1.82) is 0 Å². The smallest absolute Gasteiger partial charge is 0.355 e. The van der Waals surface area contributed by atoms with Gasteiger partial charge >= 0.3 is 5.97 Å². The van der Waals surface area contributed by atoms with Crippen LogP contribution in [0.1, 0.15) is 21.3 Å². The number of aromatic carboxylic acids is 1. The molecule has 0 spiro atoms. The Balaban J connectivity index is 1.97. The molecule has 0 saturated carbocycles. The molecule has 0 aliphatic heterocycles. The third-order valence-corrected chi connectivity index (χ3v) is 5.00. The summed E-state index contributed by atoms with van der Waals surface area (Å²) >= 11 is 1.18. The largest absolute Gasteiger partial charge is 0.476 e. The molecule has 0 radical (unpaired) electrons. The Morgan fingerprint density at radius 1 is 1.48 bits per heavy atom. The zero-order valence-electron chi connectivity index (χ0n) is 11.4. The number of carboxylic acids is 1. The summed E-state index contributed by atoms with van der Waals surface area (Å²) in [5.74, 6) is -0.497. The van der Waals surface area contributed by atoms with Gasteiger partial charge in [0.25, 0.3) is 10.0 Å². The number of sulfonamides is 1. The fourth-order valence-corrected chi connectivity index (χ4v) is 3.39. The minimum atomic E-state index is -3.66. The number of nitrogens with one attached hydrogen (secondary N) is 1. The van der Waals surface area contributed by atoms with E-state index in [1.54, 1.807) is 18.5 Å². The summed E-state index contributed by atoms with van der Waals surface area (Å²) in [6.45, 7) is 1.84. The second kappa shape index (κ2) is 5.92. The quantitative estimate of drug-likeness (QED) is 0.792. The first-order chi connectivity index (χ1) is 9.79. The second-order valence-electron chi connectivity index (χ2n) is 4.32. The lowest BCUT2D eigenvalue weighted by molar-refractivity contribution is 0.0691. The average Bonchev–Trinajstić information content (AvgIpc) is 2.98. The Kier molecular flexibility index (Phi) is 4.40. The van der Waals surface area contributed by atoms with Gasteiger partial charge in [0, 0.05) is 31.6 Å². The van der Waals surface area contributed by atoms with Gasteiger partial charge in [-0.15, -0.1) is 11.3 Å². The van der Waals surface area contributed by atoms with Crippen molar-refractivity contribution in [3.05, 3.63) is 28.1 Å². The molecule has 0 fully saturated rings. The lowest BCUT2D eigenvalue weighted by atomic mass is 10.4. The van der Waals surface area contributed by atoms with Gasteiger partial charge < -0.3 is 9.67 Å². The van der Waals surface area contributed by atoms with Gasteiger partial charge in [0.15, 0.2) is 10.7 Å². The van der Waals surface area contributed by atoms with Crippen molar-refractivity contribution in [1.82, 2.24) is 19.3 Å². The number of carbonyl (C=O) groups is 1. The van der Waals surface area contributed by atoms with E-state index in [1.165, 1.54) is 22.9 Å². The molecule has 0 atom stereocenters. The van der Waals surface area contributed by atoms with Crippen molar-refractivity contribution in [2.45, 2.75) is 18.4 Å². The van der Waals surface area contributed by atoms with E-state index in [2.05, 4.69) is 14.7 Å². The molecule has 2 aromatic rings. The standard InChI is InChI=1S/C11H14N4O4S2/c1-7-13-10(5-15(7)2)21(18,19)12-4-3-9-14-8(6-20-9)11(16)17/h5-6,12H,3-4H2,1-2H3,(H,16,17). The van der Waals surface area contributed by atoms with Crippen LogP contribution < -0.4 is 4.72 Å². The number of nitrogens with zero attached hydrogens (tertiary/aromatic N) is 3. The minimum Gasteiger partial charge on any atom is -0.476 e. The lowest BCUT2D eigenvalue weighted by Gasteiger charge is -2.02. The van der Waals surface area contributed by atoms with Crippen molar-refractivity contribution in [3.63, 3.8) is 0 Å². The third kappa shape index (κ3) is 3.65. The molecule has 0 bridgehead atoms. The third-order valence-electron chi connectivity index (χ3n) is 2.76. The van der Waals surface area contributed by atoms with Gasteiger partial charge in [-0.25, -0.2) is 27.9 Å². The number of rotatable bonds is 6. The highest BCUT2D eigenvalue weighted by Gasteiger charge is 2.18. The van der Waals surface area contributed by atoms with Crippen molar-refractivity contribution in [2.24, 2.45) is 7.05 Å². The number of hydrogen-bond acceptors (Lipinski definition) is 6. The molecule has 0 amide bonds. The van der Waals surface area contributed by atoms with E-state index in [4.69, 9.17) is 5.11 Å². The van der Waals surface area contributed by atoms with Gasteiger partial charge in [0.05, 0.1) is 5.01 Å². The van der Waals surface area contributed by atoms with Crippen LogP contribution in [-0.2, 0) is 23.5 Å². The number of aryl methyl sites for hydroxylation is 2.